The summed E-state index contributed by atoms with van der Waals surface area (Å²) in [6.07, 6.45) is 2.50. The van der Waals surface area contributed by atoms with E-state index in [4.69, 9.17) is 10.6 Å². The number of ether oxygens (including phenoxy) is 1. The highest BCUT2D eigenvalue weighted by Gasteiger charge is 2.45. The molecule has 0 saturated heterocycles. The highest BCUT2D eigenvalue weighted by atomic mass is 16.5. The molecule has 2 rings (SSSR count). The largest absolute Gasteiger partial charge is 0.461 e. The second-order valence-corrected chi connectivity index (χ2v) is 5.95. The summed E-state index contributed by atoms with van der Waals surface area (Å²) in [4.78, 5) is 12.5. The molecule has 20 heavy (non-hydrogen) atoms. The topological polar surface area (TPSA) is 98.0 Å². The standard InChI is InChI=1S/C13H24N6O/c1-8(2)13(5-6-13)7-15-10-16-11(19-14)18-12(17-10)20-9(3)4/h8-9H,5-7,14H2,1-4H3,(H2,15,16,17,18,19). The minimum atomic E-state index is 0.00122. The lowest BCUT2D eigenvalue weighted by molar-refractivity contribution is 0.222. The molecule has 1 heterocycles. The summed E-state index contributed by atoms with van der Waals surface area (Å²) in [5.41, 5.74) is 2.81. The second-order valence-electron chi connectivity index (χ2n) is 5.95. The Hall–Kier alpha value is -1.63. The van der Waals surface area contributed by atoms with Gasteiger partial charge in [0, 0.05) is 6.54 Å². The number of nitrogen functional groups attached to an aromatic ring is 1. The van der Waals surface area contributed by atoms with Crippen LogP contribution in [0.25, 0.3) is 0 Å². The van der Waals surface area contributed by atoms with Gasteiger partial charge in [-0.3, -0.25) is 5.43 Å². The van der Waals surface area contributed by atoms with Gasteiger partial charge in [0.25, 0.3) is 0 Å². The van der Waals surface area contributed by atoms with Crippen LogP contribution in [0.1, 0.15) is 40.5 Å². The first kappa shape index (κ1) is 14.8. The van der Waals surface area contributed by atoms with Crippen molar-refractivity contribution in [3.05, 3.63) is 0 Å². The van der Waals surface area contributed by atoms with Crippen molar-refractivity contribution in [2.24, 2.45) is 17.2 Å². The Kier molecular flexibility index (Phi) is 4.27. The molecule has 1 aromatic rings. The number of hydrazine groups is 1. The Morgan fingerprint density at radius 3 is 2.30 bits per heavy atom. The maximum Gasteiger partial charge on any atom is 0.323 e. The van der Waals surface area contributed by atoms with E-state index in [1.54, 1.807) is 0 Å². The minimum absolute atomic E-state index is 0.00122. The molecule has 1 aliphatic rings. The first-order valence-corrected chi connectivity index (χ1v) is 7.08. The van der Waals surface area contributed by atoms with Gasteiger partial charge in [0.05, 0.1) is 6.10 Å². The van der Waals surface area contributed by atoms with Crippen LogP contribution >= 0.6 is 0 Å². The smallest absolute Gasteiger partial charge is 0.323 e. The summed E-state index contributed by atoms with van der Waals surface area (Å²) in [6.45, 7) is 9.21. The number of nitrogens with two attached hydrogens (primary N) is 1. The van der Waals surface area contributed by atoms with Crippen LogP contribution in [0.3, 0.4) is 0 Å². The zero-order chi connectivity index (χ0) is 14.8. The molecule has 1 fully saturated rings. The van der Waals surface area contributed by atoms with Gasteiger partial charge in [-0.2, -0.15) is 15.0 Å². The van der Waals surface area contributed by atoms with Gasteiger partial charge in [0.2, 0.25) is 11.9 Å². The Morgan fingerprint density at radius 1 is 1.15 bits per heavy atom. The van der Waals surface area contributed by atoms with Gasteiger partial charge in [-0.05, 0) is 38.0 Å². The van der Waals surface area contributed by atoms with Gasteiger partial charge < -0.3 is 10.1 Å². The first-order chi connectivity index (χ1) is 9.45. The highest BCUT2D eigenvalue weighted by molar-refractivity contribution is 5.35. The third kappa shape index (κ3) is 3.47. The van der Waals surface area contributed by atoms with Crippen molar-refractivity contribution in [3.63, 3.8) is 0 Å². The van der Waals surface area contributed by atoms with E-state index >= 15 is 0 Å². The quantitative estimate of drug-likeness (QED) is 0.517. The Morgan fingerprint density at radius 2 is 1.80 bits per heavy atom. The van der Waals surface area contributed by atoms with Crippen molar-refractivity contribution in [1.29, 1.82) is 0 Å². The Balaban J connectivity index is 2.06. The average Bonchev–Trinajstić information content (AvgIpc) is 3.16. The fourth-order valence-electron chi connectivity index (χ4n) is 2.14. The lowest BCUT2D eigenvalue weighted by atomic mass is 9.92. The van der Waals surface area contributed by atoms with E-state index in [-0.39, 0.29) is 12.1 Å². The Bertz CT molecular complexity index is 458. The van der Waals surface area contributed by atoms with Gasteiger partial charge in [0.1, 0.15) is 0 Å². The fourth-order valence-corrected chi connectivity index (χ4v) is 2.14. The number of anilines is 2. The second kappa shape index (κ2) is 5.78. The summed E-state index contributed by atoms with van der Waals surface area (Å²) >= 11 is 0. The van der Waals surface area contributed by atoms with E-state index in [9.17, 15) is 0 Å². The van der Waals surface area contributed by atoms with Crippen LogP contribution in [0.2, 0.25) is 0 Å². The molecule has 0 bridgehead atoms. The fraction of sp³-hybridized carbons (Fsp3) is 0.769. The van der Waals surface area contributed by atoms with E-state index < -0.39 is 0 Å². The first-order valence-electron chi connectivity index (χ1n) is 7.08. The van der Waals surface area contributed by atoms with E-state index in [0.717, 1.165) is 6.54 Å². The molecule has 0 aromatic carbocycles. The maximum absolute atomic E-state index is 5.49. The zero-order valence-electron chi connectivity index (χ0n) is 12.6. The summed E-state index contributed by atoms with van der Waals surface area (Å²) < 4.78 is 5.49. The molecule has 0 amide bonds. The molecule has 1 saturated carbocycles. The molecule has 112 valence electrons. The van der Waals surface area contributed by atoms with Crippen LogP contribution in [0, 0.1) is 11.3 Å². The Labute approximate surface area is 119 Å². The average molecular weight is 280 g/mol. The van der Waals surface area contributed by atoms with Crippen LogP contribution in [0.5, 0.6) is 6.01 Å². The molecule has 4 N–H and O–H groups in total. The normalized spacial score (nSPS) is 16.4. The molecule has 0 unspecified atom stereocenters. The van der Waals surface area contributed by atoms with Crippen molar-refractivity contribution in [2.75, 3.05) is 17.3 Å². The summed E-state index contributed by atoms with van der Waals surface area (Å²) in [5.74, 6) is 6.82. The van der Waals surface area contributed by atoms with Crippen LogP contribution < -0.4 is 21.3 Å². The van der Waals surface area contributed by atoms with Gasteiger partial charge in [-0.25, -0.2) is 5.84 Å². The van der Waals surface area contributed by atoms with Crippen LogP contribution in [-0.4, -0.2) is 27.6 Å². The molecule has 0 radical (unpaired) electrons. The van der Waals surface area contributed by atoms with Gasteiger partial charge in [-0.1, -0.05) is 13.8 Å². The molecular formula is C13H24N6O. The maximum atomic E-state index is 5.49. The van der Waals surface area contributed by atoms with Gasteiger partial charge in [0.15, 0.2) is 0 Å². The molecule has 0 atom stereocenters. The lowest BCUT2D eigenvalue weighted by Crippen LogP contribution is -2.23. The number of aromatic nitrogens is 3. The van der Waals surface area contributed by atoms with Crippen molar-refractivity contribution < 1.29 is 4.74 Å². The number of hydrogen-bond acceptors (Lipinski definition) is 7. The number of nitrogens with zero attached hydrogens (tertiary/aromatic N) is 3. The molecule has 7 nitrogen and oxygen atoms in total. The monoisotopic (exact) mass is 280 g/mol. The van der Waals surface area contributed by atoms with Crippen LogP contribution in [0.4, 0.5) is 11.9 Å². The summed E-state index contributed by atoms with van der Waals surface area (Å²) in [5, 5.41) is 3.28. The lowest BCUT2D eigenvalue weighted by Gasteiger charge is -2.20. The van der Waals surface area contributed by atoms with Crippen molar-refractivity contribution in [2.45, 2.75) is 46.6 Å². The third-order valence-corrected chi connectivity index (χ3v) is 3.80. The third-order valence-electron chi connectivity index (χ3n) is 3.80. The van der Waals surface area contributed by atoms with Crippen molar-refractivity contribution >= 4 is 11.9 Å². The predicted octanol–water partition coefficient (Wildman–Crippen LogP) is 1.79. The molecule has 7 heteroatoms. The van der Waals surface area contributed by atoms with Crippen LogP contribution in [-0.2, 0) is 0 Å². The molecule has 1 aromatic heterocycles. The van der Waals surface area contributed by atoms with E-state index in [1.165, 1.54) is 12.8 Å². The SMILES string of the molecule is CC(C)Oc1nc(NN)nc(NCC2(C(C)C)CC2)n1. The predicted molar refractivity (Wildman–Crippen MR) is 78.4 cm³/mol. The van der Waals surface area contributed by atoms with Gasteiger partial charge >= 0.3 is 6.01 Å². The summed E-state index contributed by atoms with van der Waals surface area (Å²) in [6, 6.07) is 0.278. The number of nitrogens with one attached hydrogen (secondary N) is 2. The van der Waals surface area contributed by atoms with Crippen molar-refractivity contribution in [3.8, 4) is 6.01 Å². The number of rotatable bonds is 7. The van der Waals surface area contributed by atoms with E-state index in [0.29, 0.717) is 23.2 Å². The highest BCUT2D eigenvalue weighted by Crippen LogP contribution is 2.51. The summed E-state index contributed by atoms with van der Waals surface area (Å²) in [7, 11) is 0. The van der Waals surface area contributed by atoms with Crippen molar-refractivity contribution in [1.82, 2.24) is 15.0 Å². The molecule has 0 aliphatic heterocycles. The van der Waals surface area contributed by atoms with Gasteiger partial charge in [-0.15, -0.1) is 0 Å². The molecular weight excluding hydrogens is 256 g/mol. The number of hydrogen-bond donors (Lipinski definition) is 3. The molecule has 1 aliphatic carbocycles. The zero-order valence-corrected chi connectivity index (χ0v) is 12.6. The molecule has 0 spiro atoms. The minimum Gasteiger partial charge on any atom is -0.461 e. The van der Waals surface area contributed by atoms with E-state index in [2.05, 4.69) is 39.5 Å². The van der Waals surface area contributed by atoms with E-state index in [1.807, 2.05) is 13.8 Å². The van der Waals surface area contributed by atoms with Crippen LogP contribution in [0.15, 0.2) is 0 Å².